The smallest absolute Gasteiger partial charge is 0.442 e. The lowest BCUT2D eigenvalue weighted by Gasteiger charge is -2.26. The number of ether oxygens (including phenoxy) is 1. The standard InChI is InChI=1S/C21H23NO5S/c1-16(23)27-22(21(25)26-15-18-11-7-4-8-12-18)20(28-2)19(24)14-13-17-9-5-3-6-10-17/h3-12,20H,13-15H2,1-2H3/t20-/m0/s1. The first-order chi connectivity index (χ1) is 13.5. The number of hydrogen-bond donors (Lipinski definition) is 0. The van der Waals surface area contributed by atoms with Crippen LogP contribution in [0.1, 0.15) is 24.5 Å². The summed E-state index contributed by atoms with van der Waals surface area (Å²) in [5.41, 5.74) is 1.80. The van der Waals surface area contributed by atoms with Crippen LogP contribution in [-0.4, -0.2) is 34.5 Å². The summed E-state index contributed by atoms with van der Waals surface area (Å²) < 4.78 is 5.23. The van der Waals surface area contributed by atoms with Gasteiger partial charge in [0, 0.05) is 13.3 Å². The Labute approximate surface area is 168 Å². The normalized spacial score (nSPS) is 11.4. The largest absolute Gasteiger partial charge is 0.445 e. The Morgan fingerprint density at radius 1 is 0.964 bits per heavy atom. The second kappa shape index (κ2) is 11.1. The fourth-order valence-electron chi connectivity index (χ4n) is 2.50. The Morgan fingerprint density at radius 2 is 1.54 bits per heavy atom. The summed E-state index contributed by atoms with van der Waals surface area (Å²) in [6, 6.07) is 18.7. The summed E-state index contributed by atoms with van der Waals surface area (Å²) >= 11 is 1.11. The predicted molar refractivity (Wildman–Crippen MR) is 107 cm³/mol. The molecule has 0 saturated carbocycles. The van der Waals surface area contributed by atoms with Gasteiger partial charge in [0.05, 0.1) is 0 Å². The van der Waals surface area contributed by atoms with Gasteiger partial charge in [0.25, 0.3) is 0 Å². The zero-order valence-corrected chi connectivity index (χ0v) is 16.7. The van der Waals surface area contributed by atoms with Gasteiger partial charge in [-0.3, -0.25) is 9.59 Å². The molecule has 0 unspecified atom stereocenters. The molecule has 0 radical (unpaired) electrons. The first-order valence-corrected chi connectivity index (χ1v) is 10.1. The van der Waals surface area contributed by atoms with Gasteiger partial charge < -0.3 is 9.57 Å². The van der Waals surface area contributed by atoms with Gasteiger partial charge in [-0.25, -0.2) is 4.79 Å². The molecule has 0 bridgehead atoms. The minimum Gasteiger partial charge on any atom is -0.442 e. The van der Waals surface area contributed by atoms with E-state index in [1.165, 1.54) is 6.92 Å². The number of rotatable bonds is 8. The molecule has 0 fully saturated rings. The van der Waals surface area contributed by atoms with E-state index < -0.39 is 17.4 Å². The number of carbonyl (C=O) groups excluding carboxylic acids is 3. The Morgan fingerprint density at radius 3 is 2.07 bits per heavy atom. The van der Waals surface area contributed by atoms with Crippen LogP contribution in [0, 0.1) is 0 Å². The summed E-state index contributed by atoms with van der Waals surface area (Å²) in [4.78, 5) is 41.6. The van der Waals surface area contributed by atoms with Crippen molar-refractivity contribution in [2.45, 2.75) is 31.7 Å². The van der Waals surface area contributed by atoms with E-state index in [1.54, 1.807) is 18.4 Å². The molecule has 0 aromatic heterocycles. The third-order valence-corrected chi connectivity index (χ3v) is 4.73. The molecule has 2 rings (SSSR count). The van der Waals surface area contributed by atoms with Crippen LogP contribution < -0.4 is 0 Å². The van der Waals surface area contributed by atoms with Crippen LogP contribution in [0.4, 0.5) is 4.79 Å². The molecule has 0 heterocycles. The number of hydroxylamine groups is 2. The van der Waals surface area contributed by atoms with E-state index in [0.29, 0.717) is 6.42 Å². The van der Waals surface area contributed by atoms with Gasteiger partial charge >= 0.3 is 12.1 Å². The number of aryl methyl sites for hydroxylation is 1. The average molecular weight is 401 g/mol. The van der Waals surface area contributed by atoms with Gasteiger partial charge in [0.2, 0.25) is 0 Å². The van der Waals surface area contributed by atoms with Crippen molar-refractivity contribution in [1.82, 2.24) is 5.06 Å². The Balaban J connectivity index is 2.03. The lowest BCUT2D eigenvalue weighted by atomic mass is 10.1. The van der Waals surface area contributed by atoms with Gasteiger partial charge in [-0.2, -0.15) is 0 Å². The molecule has 28 heavy (non-hydrogen) atoms. The van der Waals surface area contributed by atoms with Crippen molar-refractivity contribution < 1.29 is 24.0 Å². The first kappa shape index (κ1) is 21.5. The highest BCUT2D eigenvalue weighted by Crippen LogP contribution is 2.19. The lowest BCUT2D eigenvalue weighted by molar-refractivity contribution is -0.182. The van der Waals surface area contributed by atoms with Gasteiger partial charge in [0.15, 0.2) is 11.2 Å². The lowest BCUT2D eigenvalue weighted by Crippen LogP contribution is -2.44. The van der Waals surface area contributed by atoms with Crippen molar-refractivity contribution in [1.29, 1.82) is 0 Å². The molecular weight excluding hydrogens is 378 g/mol. The maximum atomic E-state index is 12.7. The van der Waals surface area contributed by atoms with Crippen molar-refractivity contribution in [3.63, 3.8) is 0 Å². The van der Waals surface area contributed by atoms with E-state index in [-0.39, 0.29) is 18.8 Å². The molecule has 0 aliphatic rings. The van der Waals surface area contributed by atoms with Crippen LogP contribution in [0.5, 0.6) is 0 Å². The number of Topliss-reactive ketones (excluding diaryl/α,β-unsaturated/α-hetero) is 1. The predicted octanol–water partition coefficient (Wildman–Crippen LogP) is 3.99. The van der Waals surface area contributed by atoms with E-state index in [4.69, 9.17) is 9.57 Å². The molecule has 0 aliphatic carbocycles. The number of hydrogen-bond acceptors (Lipinski definition) is 6. The zero-order valence-electron chi connectivity index (χ0n) is 15.9. The SMILES string of the molecule is CS[C@@H](C(=O)CCc1ccccc1)N(OC(C)=O)C(=O)OCc1ccccc1. The molecule has 0 saturated heterocycles. The Kier molecular flexibility index (Phi) is 8.55. The topological polar surface area (TPSA) is 72.9 Å². The number of benzene rings is 2. The Hall–Kier alpha value is -2.80. The molecule has 0 aliphatic heterocycles. The summed E-state index contributed by atoms with van der Waals surface area (Å²) in [5, 5.41) is -0.251. The molecule has 1 amide bonds. The maximum Gasteiger partial charge on any atom is 0.445 e. The molecule has 1 atom stereocenters. The van der Waals surface area contributed by atoms with Gasteiger partial charge in [0.1, 0.15) is 6.61 Å². The van der Waals surface area contributed by atoms with E-state index in [0.717, 1.165) is 28.0 Å². The van der Waals surface area contributed by atoms with Crippen molar-refractivity contribution >= 4 is 29.6 Å². The van der Waals surface area contributed by atoms with Crippen LogP contribution in [0.2, 0.25) is 0 Å². The van der Waals surface area contributed by atoms with Crippen LogP contribution in [0.3, 0.4) is 0 Å². The van der Waals surface area contributed by atoms with Gasteiger partial charge in [-0.15, -0.1) is 16.8 Å². The molecule has 6 nitrogen and oxygen atoms in total. The second-order valence-electron chi connectivity index (χ2n) is 5.99. The Bertz CT molecular complexity index is 782. The van der Waals surface area contributed by atoms with E-state index in [9.17, 15) is 14.4 Å². The molecular formula is C21H23NO5S. The highest BCUT2D eigenvalue weighted by molar-refractivity contribution is 7.99. The molecule has 0 N–H and O–H groups in total. The van der Waals surface area contributed by atoms with Crippen molar-refractivity contribution in [3.05, 3.63) is 71.8 Å². The van der Waals surface area contributed by atoms with E-state index in [2.05, 4.69) is 0 Å². The third-order valence-electron chi connectivity index (χ3n) is 3.83. The summed E-state index contributed by atoms with van der Waals surface area (Å²) in [6.07, 6.45) is 1.53. The number of nitrogens with zero attached hydrogens (tertiary/aromatic N) is 1. The zero-order chi connectivity index (χ0) is 20.4. The number of amides is 1. The first-order valence-electron chi connectivity index (χ1n) is 8.79. The van der Waals surface area contributed by atoms with Gasteiger partial charge in [-0.05, 0) is 23.8 Å². The highest BCUT2D eigenvalue weighted by atomic mass is 32.2. The van der Waals surface area contributed by atoms with Crippen LogP contribution in [0.15, 0.2) is 60.7 Å². The summed E-state index contributed by atoms with van der Waals surface area (Å²) in [6.45, 7) is 1.18. The third kappa shape index (κ3) is 6.74. The van der Waals surface area contributed by atoms with Crippen molar-refractivity contribution in [2.75, 3.05) is 6.26 Å². The van der Waals surface area contributed by atoms with E-state index >= 15 is 0 Å². The summed E-state index contributed by atoms with van der Waals surface area (Å²) in [7, 11) is 0. The number of carbonyl (C=O) groups is 3. The highest BCUT2D eigenvalue weighted by Gasteiger charge is 2.33. The monoisotopic (exact) mass is 401 g/mol. The number of thioether (sulfide) groups is 1. The average Bonchev–Trinajstić information content (AvgIpc) is 2.71. The van der Waals surface area contributed by atoms with Crippen molar-refractivity contribution in [3.8, 4) is 0 Å². The minimum absolute atomic E-state index is 0.0107. The maximum absolute atomic E-state index is 12.7. The molecule has 2 aromatic carbocycles. The molecule has 7 heteroatoms. The molecule has 0 spiro atoms. The van der Waals surface area contributed by atoms with E-state index in [1.807, 2.05) is 48.5 Å². The number of ketones is 1. The quantitative estimate of drug-likeness (QED) is 0.492. The van der Waals surface area contributed by atoms with Crippen LogP contribution in [-0.2, 0) is 32.2 Å². The fraction of sp³-hybridized carbons (Fsp3) is 0.286. The fourth-order valence-corrected chi connectivity index (χ4v) is 3.20. The second-order valence-corrected chi connectivity index (χ2v) is 6.91. The minimum atomic E-state index is -0.976. The molecule has 148 valence electrons. The van der Waals surface area contributed by atoms with Crippen LogP contribution >= 0.6 is 11.8 Å². The van der Waals surface area contributed by atoms with Gasteiger partial charge in [-0.1, -0.05) is 60.7 Å². The van der Waals surface area contributed by atoms with Crippen molar-refractivity contribution in [2.24, 2.45) is 0 Å². The summed E-state index contributed by atoms with van der Waals surface area (Å²) in [5.74, 6) is -0.930. The van der Waals surface area contributed by atoms with Crippen LogP contribution in [0.25, 0.3) is 0 Å². The molecule has 2 aromatic rings.